The molecule has 4 heterocycles. The molecule has 2 aromatic heterocycles. The highest BCUT2D eigenvalue weighted by Gasteiger charge is 2.29. The van der Waals surface area contributed by atoms with Gasteiger partial charge in [0, 0.05) is 63.1 Å². The van der Waals surface area contributed by atoms with E-state index in [9.17, 15) is 4.79 Å². The number of pyridine rings is 1. The van der Waals surface area contributed by atoms with Crippen LogP contribution in [-0.2, 0) is 16.6 Å². The quantitative estimate of drug-likeness (QED) is 0.759. The number of aromatic nitrogens is 3. The van der Waals surface area contributed by atoms with Crippen molar-refractivity contribution in [3.05, 3.63) is 35.8 Å². The molecular formula is C22H27N5O3. The Bertz CT molecular complexity index is 1040. The maximum Gasteiger partial charge on any atom is 0.225 e. The van der Waals surface area contributed by atoms with Gasteiger partial charge in [-0.2, -0.15) is 5.10 Å². The third-order valence-electron chi connectivity index (χ3n) is 5.47. The fraction of sp³-hybridized carbons (Fsp3) is 0.455. The normalized spacial score (nSPS) is 20.0. The van der Waals surface area contributed by atoms with Crippen LogP contribution in [0.4, 0.5) is 0 Å². The van der Waals surface area contributed by atoms with E-state index in [-0.39, 0.29) is 17.9 Å². The predicted molar refractivity (Wildman–Crippen MR) is 115 cm³/mol. The summed E-state index contributed by atoms with van der Waals surface area (Å²) in [6.45, 7) is 3.26. The zero-order chi connectivity index (χ0) is 21.1. The van der Waals surface area contributed by atoms with Crippen LogP contribution >= 0.6 is 0 Å². The summed E-state index contributed by atoms with van der Waals surface area (Å²) in [7, 11) is 3.57. The highest BCUT2D eigenvalue weighted by atomic mass is 16.5. The summed E-state index contributed by atoms with van der Waals surface area (Å²) in [6.07, 6.45) is 9.85. The third-order valence-corrected chi connectivity index (χ3v) is 5.47. The number of rotatable bonds is 7. The first-order valence-corrected chi connectivity index (χ1v) is 10.2. The van der Waals surface area contributed by atoms with Crippen molar-refractivity contribution >= 4 is 28.6 Å². The van der Waals surface area contributed by atoms with Crippen molar-refractivity contribution < 1.29 is 14.3 Å². The highest BCUT2D eigenvalue weighted by molar-refractivity contribution is 6.10. The van der Waals surface area contributed by atoms with Gasteiger partial charge in [0.1, 0.15) is 6.10 Å². The second-order valence-electron chi connectivity index (χ2n) is 7.73. The van der Waals surface area contributed by atoms with E-state index in [1.807, 2.05) is 32.4 Å². The molecule has 158 valence electrons. The molecule has 8 heteroatoms. The van der Waals surface area contributed by atoms with E-state index in [0.717, 1.165) is 40.7 Å². The van der Waals surface area contributed by atoms with E-state index in [4.69, 9.17) is 14.5 Å². The molecule has 1 N–H and O–H groups in total. The molecule has 0 aromatic carbocycles. The van der Waals surface area contributed by atoms with Crippen LogP contribution in [0, 0.1) is 5.92 Å². The van der Waals surface area contributed by atoms with Crippen molar-refractivity contribution in [2.24, 2.45) is 18.0 Å². The Labute approximate surface area is 175 Å². The number of hydrogen-bond donors (Lipinski definition) is 1. The van der Waals surface area contributed by atoms with Gasteiger partial charge < -0.3 is 14.8 Å². The molecule has 30 heavy (non-hydrogen) atoms. The summed E-state index contributed by atoms with van der Waals surface area (Å²) in [5.41, 5.74) is 3.53. The number of allylic oxidation sites excluding steroid dienone is 3. The Morgan fingerprint density at radius 3 is 3.00 bits per heavy atom. The number of amides is 1. The van der Waals surface area contributed by atoms with E-state index in [1.54, 1.807) is 11.8 Å². The monoisotopic (exact) mass is 409 g/mol. The van der Waals surface area contributed by atoms with Crippen LogP contribution in [0.2, 0.25) is 0 Å². The second-order valence-corrected chi connectivity index (χ2v) is 7.73. The van der Waals surface area contributed by atoms with Crippen molar-refractivity contribution in [3.8, 4) is 5.88 Å². The van der Waals surface area contributed by atoms with Gasteiger partial charge >= 0.3 is 0 Å². The van der Waals surface area contributed by atoms with Crippen LogP contribution in [-0.4, -0.2) is 53.3 Å². The lowest BCUT2D eigenvalue weighted by Crippen LogP contribution is -2.26. The van der Waals surface area contributed by atoms with Crippen molar-refractivity contribution in [1.82, 2.24) is 20.1 Å². The summed E-state index contributed by atoms with van der Waals surface area (Å²) in [5, 5.41) is 8.28. The van der Waals surface area contributed by atoms with Gasteiger partial charge in [-0.3, -0.25) is 14.5 Å². The molecule has 0 saturated carbocycles. The maximum atomic E-state index is 11.6. The predicted octanol–water partition coefficient (Wildman–Crippen LogP) is 2.65. The standard InChI is InChI=1S/C22H27N5O3/c1-14(16-9-21(28)24-12-16)30-22-18-13-27(2)26-20(18)10-19(25-22)15-5-4-6-17(23-11-15)7-8-29-3/h5-6,10-11,13-14,16H,4,7-9,12H2,1-3H3,(H,24,28). The number of methoxy groups -OCH3 is 1. The minimum absolute atomic E-state index is 0.0697. The van der Waals surface area contributed by atoms with Gasteiger partial charge in [-0.1, -0.05) is 12.2 Å². The first-order valence-electron chi connectivity index (χ1n) is 10.2. The molecule has 2 atom stereocenters. The van der Waals surface area contributed by atoms with E-state index in [2.05, 4.69) is 27.6 Å². The van der Waals surface area contributed by atoms with Gasteiger partial charge in [-0.05, 0) is 19.4 Å². The van der Waals surface area contributed by atoms with Crippen molar-refractivity contribution in [2.75, 3.05) is 20.3 Å². The molecule has 1 amide bonds. The first kappa shape index (κ1) is 20.3. The average Bonchev–Trinajstić information content (AvgIpc) is 3.24. The lowest BCUT2D eigenvalue weighted by atomic mass is 10.0. The van der Waals surface area contributed by atoms with Crippen LogP contribution < -0.4 is 10.1 Å². The van der Waals surface area contributed by atoms with Crippen LogP contribution in [0.25, 0.3) is 16.5 Å². The highest BCUT2D eigenvalue weighted by Crippen LogP contribution is 2.29. The van der Waals surface area contributed by atoms with Crippen LogP contribution in [0.3, 0.4) is 0 Å². The number of carbonyl (C=O) groups is 1. The van der Waals surface area contributed by atoms with E-state index in [1.165, 1.54) is 0 Å². The van der Waals surface area contributed by atoms with Gasteiger partial charge in [-0.15, -0.1) is 0 Å². The van der Waals surface area contributed by atoms with Gasteiger partial charge in [0.25, 0.3) is 0 Å². The molecule has 8 nitrogen and oxygen atoms in total. The molecule has 2 aliphatic rings. The van der Waals surface area contributed by atoms with Gasteiger partial charge in [0.05, 0.1) is 23.2 Å². The molecule has 2 unspecified atom stereocenters. The fourth-order valence-electron chi connectivity index (χ4n) is 3.70. The minimum Gasteiger partial charge on any atom is -0.474 e. The summed E-state index contributed by atoms with van der Waals surface area (Å²) in [4.78, 5) is 21.0. The summed E-state index contributed by atoms with van der Waals surface area (Å²) < 4.78 is 13.2. The molecule has 1 saturated heterocycles. The summed E-state index contributed by atoms with van der Waals surface area (Å²) in [6, 6.07) is 1.96. The number of ether oxygens (including phenoxy) is 2. The van der Waals surface area contributed by atoms with Crippen molar-refractivity contribution in [2.45, 2.75) is 32.3 Å². The number of fused-ring (bicyclic) bond motifs is 1. The number of nitrogens with zero attached hydrogens (tertiary/aromatic N) is 4. The summed E-state index contributed by atoms with van der Waals surface area (Å²) >= 11 is 0. The van der Waals surface area contributed by atoms with Crippen molar-refractivity contribution in [1.29, 1.82) is 0 Å². The number of hydrogen-bond acceptors (Lipinski definition) is 6. The van der Waals surface area contributed by atoms with Gasteiger partial charge in [0.2, 0.25) is 11.8 Å². The first-order chi connectivity index (χ1) is 14.5. The molecule has 1 fully saturated rings. The average molecular weight is 409 g/mol. The molecule has 4 rings (SSSR count). The second kappa shape index (κ2) is 8.79. The van der Waals surface area contributed by atoms with Gasteiger partial charge in [-0.25, -0.2) is 4.98 Å². The molecular weight excluding hydrogens is 382 g/mol. The minimum atomic E-state index is -0.144. The topological polar surface area (TPSA) is 90.6 Å². The number of carbonyl (C=O) groups excluding carboxylic acids is 1. The maximum absolute atomic E-state index is 11.6. The van der Waals surface area contributed by atoms with E-state index in [0.29, 0.717) is 25.5 Å². The lowest BCUT2D eigenvalue weighted by Gasteiger charge is -2.19. The molecule has 0 bridgehead atoms. The molecule has 2 aromatic rings. The van der Waals surface area contributed by atoms with E-state index >= 15 is 0 Å². The number of nitrogens with one attached hydrogen (secondary N) is 1. The SMILES string of the molecule is COCCC1=CCC=C(c2cc3nn(C)cc3c(OC(C)C3CNC(=O)C3)n2)C=N1. The molecule has 0 spiro atoms. The smallest absolute Gasteiger partial charge is 0.225 e. The molecule has 2 aliphatic heterocycles. The Morgan fingerprint density at radius 1 is 1.37 bits per heavy atom. The lowest BCUT2D eigenvalue weighted by molar-refractivity contribution is -0.119. The molecule has 0 radical (unpaired) electrons. The Morgan fingerprint density at radius 2 is 2.23 bits per heavy atom. The van der Waals surface area contributed by atoms with Gasteiger partial charge in [0.15, 0.2) is 0 Å². The fourth-order valence-corrected chi connectivity index (χ4v) is 3.70. The van der Waals surface area contributed by atoms with Crippen LogP contribution in [0.5, 0.6) is 5.88 Å². The van der Waals surface area contributed by atoms with E-state index < -0.39 is 0 Å². The van der Waals surface area contributed by atoms with Crippen molar-refractivity contribution in [3.63, 3.8) is 0 Å². The molecule has 0 aliphatic carbocycles. The van der Waals surface area contributed by atoms with Crippen LogP contribution in [0.15, 0.2) is 35.1 Å². The number of aryl methyl sites for hydroxylation is 1. The summed E-state index contributed by atoms with van der Waals surface area (Å²) in [5.74, 6) is 0.731. The van der Waals surface area contributed by atoms with Crippen LogP contribution in [0.1, 0.15) is 31.9 Å². The largest absolute Gasteiger partial charge is 0.474 e. The Hall–Kier alpha value is -3.00. The third kappa shape index (κ3) is 4.43. The zero-order valence-electron chi connectivity index (χ0n) is 17.6. The Kier molecular flexibility index (Phi) is 5.94. The Balaban J connectivity index is 1.62. The zero-order valence-corrected chi connectivity index (χ0v) is 17.6. The number of aliphatic imine (C=N–C) groups is 1.